The van der Waals surface area contributed by atoms with Crippen LogP contribution in [0.1, 0.15) is 19.0 Å². The largest absolute Gasteiger partial charge is 0.328 e. The lowest BCUT2D eigenvalue weighted by molar-refractivity contribution is 0.660. The van der Waals surface area contributed by atoms with Gasteiger partial charge in [0.2, 0.25) is 0 Å². The molecule has 0 unspecified atom stereocenters. The van der Waals surface area contributed by atoms with Gasteiger partial charge >= 0.3 is 0 Å². The first-order valence-electron chi connectivity index (χ1n) is 3.41. The molecule has 1 rings (SSSR count). The van der Waals surface area contributed by atoms with Crippen LogP contribution in [0.4, 0.5) is 0 Å². The summed E-state index contributed by atoms with van der Waals surface area (Å²) in [6.07, 6.45) is 2.05. The van der Waals surface area contributed by atoms with Gasteiger partial charge in [0.15, 0.2) is 0 Å². The van der Waals surface area contributed by atoms with Crippen molar-refractivity contribution in [2.24, 2.45) is 5.73 Å². The van der Waals surface area contributed by atoms with E-state index in [4.69, 9.17) is 5.73 Å². The van der Waals surface area contributed by atoms with Crippen LogP contribution in [0.25, 0.3) is 0 Å². The zero-order valence-corrected chi connectivity index (χ0v) is 6.90. The molecular formula is C7H12N2S. The molecule has 0 saturated carbocycles. The number of aryl methyl sites for hydroxylation is 1. The first kappa shape index (κ1) is 7.69. The summed E-state index contributed by atoms with van der Waals surface area (Å²) < 4.78 is 0. The van der Waals surface area contributed by atoms with Gasteiger partial charge in [-0.05, 0) is 19.8 Å². The van der Waals surface area contributed by atoms with Crippen LogP contribution < -0.4 is 5.73 Å². The van der Waals surface area contributed by atoms with Crippen molar-refractivity contribution in [3.05, 3.63) is 16.6 Å². The number of thiazole rings is 1. The van der Waals surface area contributed by atoms with Crippen LogP contribution in [0.3, 0.4) is 0 Å². The van der Waals surface area contributed by atoms with Crippen molar-refractivity contribution in [3.63, 3.8) is 0 Å². The number of nitrogens with two attached hydrogens (primary N) is 1. The summed E-state index contributed by atoms with van der Waals surface area (Å²) in [6, 6.07) is 0.293. The summed E-state index contributed by atoms with van der Waals surface area (Å²) in [5.41, 5.74) is 8.61. The summed E-state index contributed by atoms with van der Waals surface area (Å²) in [5.74, 6) is 0. The van der Waals surface area contributed by atoms with E-state index in [2.05, 4.69) is 10.4 Å². The topological polar surface area (TPSA) is 38.9 Å². The number of hydrogen-bond donors (Lipinski definition) is 1. The van der Waals surface area contributed by atoms with E-state index in [1.165, 1.54) is 5.69 Å². The summed E-state index contributed by atoms with van der Waals surface area (Å²) in [4.78, 5) is 4.15. The maximum atomic E-state index is 5.58. The molecule has 3 heteroatoms. The predicted molar refractivity (Wildman–Crippen MR) is 44.1 cm³/mol. The van der Waals surface area contributed by atoms with Gasteiger partial charge in [0, 0.05) is 11.4 Å². The lowest BCUT2D eigenvalue weighted by atomic mass is 10.2. The smallest absolute Gasteiger partial charge is 0.0794 e. The van der Waals surface area contributed by atoms with Gasteiger partial charge in [0.25, 0.3) is 0 Å². The Kier molecular flexibility index (Phi) is 2.83. The average Bonchev–Trinajstić information content (AvgIpc) is 2.34. The van der Waals surface area contributed by atoms with Crippen molar-refractivity contribution in [1.82, 2.24) is 4.98 Å². The second-order valence-corrected chi connectivity index (χ2v) is 3.21. The first-order valence-corrected chi connectivity index (χ1v) is 4.36. The molecule has 1 aromatic rings. The van der Waals surface area contributed by atoms with Crippen LogP contribution in [-0.2, 0) is 6.42 Å². The zero-order valence-electron chi connectivity index (χ0n) is 6.08. The van der Waals surface area contributed by atoms with Crippen LogP contribution in [0.15, 0.2) is 10.9 Å². The fraction of sp³-hybridized carbons (Fsp3) is 0.571. The minimum Gasteiger partial charge on any atom is -0.328 e. The molecule has 0 aromatic carbocycles. The van der Waals surface area contributed by atoms with Gasteiger partial charge in [0.05, 0.1) is 11.2 Å². The normalized spacial score (nSPS) is 13.4. The highest BCUT2D eigenvalue weighted by atomic mass is 32.1. The van der Waals surface area contributed by atoms with E-state index in [0.717, 1.165) is 12.8 Å². The molecule has 1 atom stereocenters. The Morgan fingerprint density at radius 1 is 1.80 bits per heavy atom. The van der Waals surface area contributed by atoms with Gasteiger partial charge in [0.1, 0.15) is 0 Å². The molecule has 2 N–H and O–H groups in total. The average molecular weight is 156 g/mol. The number of nitrogens with zero attached hydrogens (tertiary/aromatic N) is 1. The van der Waals surface area contributed by atoms with Gasteiger partial charge in [-0.1, -0.05) is 0 Å². The van der Waals surface area contributed by atoms with E-state index in [1.54, 1.807) is 11.3 Å². The summed E-state index contributed by atoms with van der Waals surface area (Å²) in [7, 11) is 0. The molecule has 0 fully saturated rings. The maximum absolute atomic E-state index is 5.58. The minimum atomic E-state index is 0.293. The van der Waals surface area contributed by atoms with Crippen molar-refractivity contribution < 1.29 is 0 Å². The number of aromatic nitrogens is 1. The molecule has 0 amide bonds. The van der Waals surface area contributed by atoms with Crippen molar-refractivity contribution in [3.8, 4) is 0 Å². The van der Waals surface area contributed by atoms with Gasteiger partial charge < -0.3 is 5.73 Å². The van der Waals surface area contributed by atoms with Crippen molar-refractivity contribution in [1.29, 1.82) is 0 Å². The van der Waals surface area contributed by atoms with Crippen LogP contribution in [0.5, 0.6) is 0 Å². The van der Waals surface area contributed by atoms with Gasteiger partial charge in [-0.15, -0.1) is 11.3 Å². The lowest BCUT2D eigenvalue weighted by Gasteiger charge is -2.00. The van der Waals surface area contributed by atoms with Crippen LogP contribution in [-0.4, -0.2) is 11.0 Å². The maximum Gasteiger partial charge on any atom is 0.0794 e. The highest BCUT2D eigenvalue weighted by Crippen LogP contribution is 2.04. The molecule has 10 heavy (non-hydrogen) atoms. The van der Waals surface area contributed by atoms with E-state index < -0.39 is 0 Å². The molecule has 1 aromatic heterocycles. The zero-order chi connectivity index (χ0) is 7.40. The third-order valence-electron chi connectivity index (χ3n) is 1.34. The predicted octanol–water partition coefficient (Wildman–Crippen LogP) is 1.42. The lowest BCUT2D eigenvalue weighted by Crippen LogP contribution is -2.15. The Morgan fingerprint density at radius 2 is 2.60 bits per heavy atom. The molecule has 0 aliphatic rings. The standard InChI is InChI=1S/C7H12N2S/c1-6(8)2-3-7-4-10-5-9-7/h4-6H,2-3,8H2,1H3/t6-/m0/s1. The molecule has 0 aliphatic carbocycles. The quantitative estimate of drug-likeness (QED) is 0.719. The van der Waals surface area contributed by atoms with E-state index in [1.807, 2.05) is 12.4 Å². The van der Waals surface area contributed by atoms with E-state index in [-0.39, 0.29) is 0 Å². The van der Waals surface area contributed by atoms with Gasteiger partial charge in [-0.2, -0.15) is 0 Å². The highest BCUT2D eigenvalue weighted by Gasteiger charge is 1.96. The van der Waals surface area contributed by atoms with Crippen molar-refractivity contribution in [2.75, 3.05) is 0 Å². The Labute approximate surface area is 65.1 Å². The fourth-order valence-corrected chi connectivity index (χ4v) is 1.33. The number of hydrogen-bond acceptors (Lipinski definition) is 3. The Balaban J connectivity index is 2.28. The van der Waals surface area contributed by atoms with Crippen LogP contribution in [0.2, 0.25) is 0 Å². The second kappa shape index (κ2) is 3.68. The Morgan fingerprint density at radius 3 is 3.10 bits per heavy atom. The van der Waals surface area contributed by atoms with E-state index in [0.29, 0.717) is 6.04 Å². The van der Waals surface area contributed by atoms with Crippen molar-refractivity contribution in [2.45, 2.75) is 25.8 Å². The second-order valence-electron chi connectivity index (χ2n) is 2.50. The molecular weight excluding hydrogens is 144 g/mol. The molecule has 0 radical (unpaired) electrons. The molecule has 56 valence electrons. The van der Waals surface area contributed by atoms with Crippen molar-refractivity contribution >= 4 is 11.3 Å². The van der Waals surface area contributed by atoms with Gasteiger partial charge in [-0.3, -0.25) is 0 Å². The third kappa shape index (κ3) is 2.45. The molecule has 1 heterocycles. The molecule has 2 nitrogen and oxygen atoms in total. The first-order chi connectivity index (χ1) is 4.79. The highest BCUT2D eigenvalue weighted by molar-refractivity contribution is 7.07. The minimum absolute atomic E-state index is 0.293. The van der Waals surface area contributed by atoms with Crippen LogP contribution in [0, 0.1) is 0 Å². The molecule has 0 spiro atoms. The Bertz CT molecular complexity index is 170. The van der Waals surface area contributed by atoms with Gasteiger partial charge in [-0.25, -0.2) is 4.98 Å². The molecule has 0 aliphatic heterocycles. The summed E-state index contributed by atoms with van der Waals surface area (Å²) in [6.45, 7) is 2.02. The summed E-state index contributed by atoms with van der Waals surface area (Å²) in [5, 5.41) is 2.07. The van der Waals surface area contributed by atoms with E-state index >= 15 is 0 Å². The van der Waals surface area contributed by atoms with E-state index in [9.17, 15) is 0 Å². The summed E-state index contributed by atoms with van der Waals surface area (Å²) >= 11 is 1.64. The molecule has 0 bridgehead atoms. The monoisotopic (exact) mass is 156 g/mol. The SMILES string of the molecule is C[C@H](N)CCc1cscn1. The third-order valence-corrected chi connectivity index (χ3v) is 1.97. The Hall–Kier alpha value is -0.410. The van der Waals surface area contributed by atoms with Crippen LogP contribution >= 0.6 is 11.3 Å². The molecule has 0 saturated heterocycles. The fourth-order valence-electron chi connectivity index (χ4n) is 0.737. The number of rotatable bonds is 3.